The molecule has 1 aromatic carbocycles. The van der Waals surface area contributed by atoms with Crippen molar-refractivity contribution in [3.63, 3.8) is 0 Å². The van der Waals surface area contributed by atoms with Crippen LogP contribution in [0.2, 0.25) is 5.02 Å². The minimum atomic E-state index is -0.480. The first-order valence-electron chi connectivity index (χ1n) is 5.04. The summed E-state index contributed by atoms with van der Waals surface area (Å²) in [5.41, 5.74) is 1.28. The van der Waals surface area contributed by atoms with Crippen molar-refractivity contribution in [1.82, 2.24) is 4.98 Å². The summed E-state index contributed by atoms with van der Waals surface area (Å²) in [5.74, 6) is -0.526. The topological polar surface area (TPSA) is 30.0 Å². The van der Waals surface area contributed by atoms with Crippen LogP contribution in [0.5, 0.6) is 0 Å². The van der Waals surface area contributed by atoms with E-state index in [4.69, 9.17) is 11.6 Å². The van der Waals surface area contributed by atoms with Gasteiger partial charge in [0.15, 0.2) is 5.78 Å². The van der Waals surface area contributed by atoms with E-state index in [9.17, 15) is 9.18 Å². The number of carbonyl (C=O) groups excluding carboxylic acids is 1. The molecule has 0 fully saturated rings. The number of ketones is 1. The van der Waals surface area contributed by atoms with Crippen molar-refractivity contribution < 1.29 is 9.18 Å². The minimum Gasteiger partial charge on any atom is -0.294 e. The fraction of sp³-hybridized carbons (Fsp3) is 0.0769. The van der Waals surface area contributed by atoms with Gasteiger partial charge in [0.05, 0.1) is 5.02 Å². The smallest absolute Gasteiger partial charge is 0.167 e. The second kappa shape index (κ2) is 5.06. The first kappa shape index (κ1) is 11.7. The van der Waals surface area contributed by atoms with Gasteiger partial charge in [-0.15, -0.1) is 0 Å². The van der Waals surface area contributed by atoms with Crippen LogP contribution in [0.25, 0.3) is 0 Å². The Morgan fingerprint density at radius 1 is 1.24 bits per heavy atom. The molecule has 0 N–H and O–H groups in total. The zero-order valence-corrected chi connectivity index (χ0v) is 9.62. The van der Waals surface area contributed by atoms with Gasteiger partial charge in [0.2, 0.25) is 0 Å². The highest BCUT2D eigenvalue weighted by molar-refractivity contribution is 6.30. The van der Waals surface area contributed by atoms with Gasteiger partial charge in [-0.3, -0.25) is 9.78 Å². The molecule has 0 aliphatic heterocycles. The zero-order chi connectivity index (χ0) is 12.3. The molecule has 0 atom stereocenters. The van der Waals surface area contributed by atoms with Crippen molar-refractivity contribution in [3.05, 3.63) is 64.7 Å². The molecule has 2 nitrogen and oxygen atoms in total. The normalized spacial score (nSPS) is 10.2. The predicted octanol–water partition coefficient (Wildman–Crippen LogP) is 3.30. The van der Waals surface area contributed by atoms with Crippen LogP contribution in [0.3, 0.4) is 0 Å². The fourth-order valence-electron chi connectivity index (χ4n) is 1.47. The van der Waals surface area contributed by atoms with Crippen LogP contribution in [0.1, 0.15) is 15.9 Å². The third-order valence-electron chi connectivity index (χ3n) is 2.35. The number of hydrogen-bond donors (Lipinski definition) is 0. The van der Waals surface area contributed by atoms with Gasteiger partial charge < -0.3 is 0 Å². The van der Waals surface area contributed by atoms with Crippen LogP contribution in [-0.2, 0) is 6.42 Å². The van der Waals surface area contributed by atoms with E-state index in [1.54, 1.807) is 30.6 Å². The second-order valence-electron chi connectivity index (χ2n) is 3.58. The Kier molecular flexibility index (Phi) is 3.49. The number of nitrogens with zero attached hydrogens (tertiary/aromatic N) is 1. The van der Waals surface area contributed by atoms with Crippen molar-refractivity contribution >= 4 is 17.4 Å². The van der Waals surface area contributed by atoms with E-state index < -0.39 is 5.82 Å². The first-order valence-corrected chi connectivity index (χ1v) is 5.42. The number of benzene rings is 1. The molecule has 1 aromatic heterocycles. The van der Waals surface area contributed by atoms with Gasteiger partial charge in [-0.05, 0) is 29.8 Å². The molecule has 0 aliphatic rings. The summed E-state index contributed by atoms with van der Waals surface area (Å²) in [6.07, 6.45) is 3.32. The Labute approximate surface area is 103 Å². The highest BCUT2D eigenvalue weighted by Crippen LogP contribution is 2.17. The third-order valence-corrected chi connectivity index (χ3v) is 2.64. The summed E-state index contributed by atoms with van der Waals surface area (Å²) in [6.45, 7) is 0. The maximum atomic E-state index is 12.9. The Balaban J connectivity index is 2.16. The summed E-state index contributed by atoms with van der Waals surface area (Å²) >= 11 is 5.65. The number of halogens is 2. The van der Waals surface area contributed by atoms with Gasteiger partial charge in [0, 0.05) is 24.4 Å². The highest BCUT2D eigenvalue weighted by atomic mass is 35.5. The lowest BCUT2D eigenvalue weighted by Crippen LogP contribution is -2.03. The SMILES string of the molecule is O=C(Cc1ccc(F)c(Cl)c1)c1ccncc1. The predicted molar refractivity (Wildman–Crippen MR) is 63.7 cm³/mol. The number of aromatic nitrogens is 1. The van der Waals surface area contributed by atoms with Gasteiger partial charge in [0.25, 0.3) is 0 Å². The largest absolute Gasteiger partial charge is 0.294 e. The molecule has 0 unspecified atom stereocenters. The summed E-state index contributed by atoms with van der Waals surface area (Å²) in [4.78, 5) is 15.7. The molecule has 0 bridgehead atoms. The number of pyridine rings is 1. The van der Waals surface area contributed by atoms with Crippen molar-refractivity contribution in [2.75, 3.05) is 0 Å². The van der Waals surface area contributed by atoms with Crippen molar-refractivity contribution in [2.45, 2.75) is 6.42 Å². The molecule has 2 aromatic rings. The van der Waals surface area contributed by atoms with E-state index in [-0.39, 0.29) is 17.2 Å². The van der Waals surface area contributed by atoms with E-state index in [2.05, 4.69) is 4.98 Å². The highest BCUT2D eigenvalue weighted by Gasteiger charge is 2.08. The minimum absolute atomic E-state index is 0.0324. The van der Waals surface area contributed by atoms with E-state index in [0.717, 1.165) is 0 Å². The maximum Gasteiger partial charge on any atom is 0.167 e. The average molecular weight is 250 g/mol. The van der Waals surface area contributed by atoms with Crippen LogP contribution >= 0.6 is 11.6 Å². The van der Waals surface area contributed by atoms with E-state index >= 15 is 0 Å². The summed E-state index contributed by atoms with van der Waals surface area (Å²) in [7, 11) is 0. The molecule has 0 aliphatic carbocycles. The van der Waals surface area contributed by atoms with Gasteiger partial charge in [0.1, 0.15) is 5.82 Å². The average Bonchev–Trinajstić information content (AvgIpc) is 2.35. The lowest BCUT2D eigenvalue weighted by molar-refractivity contribution is 0.0993. The summed E-state index contributed by atoms with van der Waals surface area (Å²) < 4.78 is 12.9. The lowest BCUT2D eigenvalue weighted by atomic mass is 10.0. The number of rotatable bonds is 3. The molecule has 0 spiro atoms. The molecule has 0 saturated heterocycles. The van der Waals surface area contributed by atoms with E-state index in [1.165, 1.54) is 12.1 Å². The van der Waals surface area contributed by atoms with Gasteiger partial charge in [-0.1, -0.05) is 17.7 Å². The Hall–Kier alpha value is -1.74. The van der Waals surface area contributed by atoms with Crippen LogP contribution in [0.4, 0.5) is 4.39 Å². The molecule has 17 heavy (non-hydrogen) atoms. The maximum absolute atomic E-state index is 12.9. The van der Waals surface area contributed by atoms with Crippen molar-refractivity contribution in [3.8, 4) is 0 Å². The van der Waals surface area contributed by atoms with Crippen molar-refractivity contribution in [1.29, 1.82) is 0 Å². The number of Topliss-reactive ketones (excluding diaryl/α,β-unsaturated/α-hetero) is 1. The molecular formula is C13H9ClFNO. The number of carbonyl (C=O) groups is 1. The molecular weight excluding hydrogens is 241 g/mol. The van der Waals surface area contributed by atoms with E-state index in [1.807, 2.05) is 0 Å². The number of hydrogen-bond acceptors (Lipinski definition) is 2. The summed E-state index contributed by atoms with van der Waals surface area (Å²) in [5, 5.41) is 0.0324. The van der Waals surface area contributed by atoms with Crippen LogP contribution in [0.15, 0.2) is 42.7 Å². The van der Waals surface area contributed by atoms with Gasteiger partial charge >= 0.3 is 0 Å². The molecule has 2 rings (SSSR count). The van der Waals surface area contributed by atoms with Gasteiger partial charge in [-0.25, -0.2) is 4.39 Å². The Bertz CT molecular complexity index is 542. The molecule has 4 heteroatoms. The van der Waals surface area contributed by atoms with E-state index in [0.29, 0.717) is 11.1 Å². The molecule has 86 valence electrons. The van der Waals surface area contributed by atoms with Gasteiger partial charge in [-0.2, -0.15) is 0 Å². The standard InChI is InChI=1S/C13H9ClFNO/c14-11-7-9(1-2-12(11)15)8-13(17)10-3-5-16-6-4-10/h1-7H,8H2. The second-order valence-corrected chi connectivity index (χ2v) is 3.99. The monoisotopic (exact) mass is 249 g/mol. The fourth-order valence-corrected chi connectivity index (χ4v) is 1.68. The molecule has 0 radical (unpaired) electrons. The van der Waals surface area contributed by atoms with Crippen LogP contribution in [0, 0.1) is 5.82 Å². The summed E-state index contributed by atoms with van der Waals surface area (Å²) in [6, 6.07) is 7.58. The Morgan fingerprint density at radius 3 is 2.59 bits per heavy atom. The van der Waals surface area contributed by atoms with Crippen LogP contribution < -0.4 is 0 Å². The zero-order valence-electron chi connectivity index (χ0n) is 8.86. The first-order chi connectivity index (χ1) is 8.16. The molecule has 1 heterocycles. The van der Waals surface area contributed by atoms with Crippen LogP contribution in [-0.4, -0.2) is 10.8 Å². The molecule has 0 saturated carbocycles. The third kappa shape index (κ3) is 2.88. The Morgan fingerprint density at radius 2 is 1.94 bits per heavy atom. The quantitative estimate of drug-likeness (QED) is 0.782. The molecule has 0 amide bonds. The lowest BCUT2D eigenvalue weighted by Gasteiger charge is -2.02. The van der Waals surface area contributed by atoms with Crippen molar-refractivity contribution in [2.24, 2.45) is 0 Å².